The van der Waals surface area contributed by atoms with Crippen LogP contribution in [-0.2, 0) is 7.05 Å². The first-order valence-electron chi connectivity index (χ1n) is 6.81. The van der Waals surface area contributed by atoms with Crippen molar-refractivity contribution in [2.45, 2.75) is 39.8 Å². The SMILES string of the molecule is Cc1nn(C)c(C)c1C(C)N[C@@H](C)c1ccccc1. The summed E-state index contributed by atoms with van der Waals surface area (Å²) < 4.78 is 1.95. The number of rotatable bonds is 4. The summed E-state index contributed by atoms with van der Waals surface area (Å²) in [6.45, 7) is 8.61. The second-order valence-corrected chi connectivity index (χ2v) is 5.23. The Morgan fingerprint density at radius 3 is 2.21 bits per heavy atom. The van der Waals surface area contributed by atoms with Crippen molar-refractivity contribution in [3.63, 3.8) is 0 Å². The quantitative estimate of drug-likeness (QED) is 0.909. The molecule has 3 heteroatoms. The highest BCUT2D eigenvalue weighted by Crippen LogP contribution is 2.24. The molecule has 2 rings (SSSR count). The van der Waals surface area contributed by atoms with Crippen LogP contribution < -0.4 is 5.32 Å². The van der Waals surface area contributed by atoms with E-state index in [-0.39, 0.29) is 0 Å². The van der Waals surface area contributed by atoms with E-state index in [4.69, 9.17) is 0 Å². The van der Waals surface area contributed by atoms with Crippen molar-refractivity contribution in [1.82, 2.24) is 15.1 Å². The molecule has 2 atom stereocenters. The molecule has 1 unspecified atom stereocenters. The van der Waals surface area contributed by atoms with Gasteiger partial charge < -0.3 is 5.32 Å². The summed E-state index contributed by atoms with van der Waals surface area (Å²) in [5.74, 6) is 0. The molecule has 1 aromatic carbocycles. The molecule has 1 N–H and O–H groups in total. The lowest BCUT2D eigenvalue weighted by Gasteiger charge is -2.21. The van der Waals surface area contributed by atoms with Gasteiger partial charge in [-0.15, -0.1) is 0 Å². The fraction of sp³-hybridized carbons (Fsp3) is 0.438. The molecule has 0 amide bonds. The Balaban J connectivity index is 2.15. The van der Waals surface area contributed by atoms with Crippen molar-refractivity contribution in [2.24, 2.45) is 7.05 Å². The Kier molecular flexibility index (Phi) is 4.05. The molecule has 0 radical (unpaired) electrons. The maximum Gasteiger partial charge on any atom is 0.0644 e. The van der Waals surface area contributed by atoms with E-state index in [2.05, 4.69) is 68.4 Å². The Morgan fingerprint density at radius 1 is 1.05 bits per heavy atom. The molecule has 0 bridgehead atoms. The van der Waals surface area contributed by atoms with Crippen LogP contribution in [0, 0.1) is 13.8 Å². The highest BCUT2D eigenvalue weighted by atomic mass is 15.3. The standard InChI is InChI=1S/C16H23N3/c1-11(15-9-7-6-8-10-15)17-12(2)16-13(3)18-19(5)14(16)4/h6-12,17H,1-5H3/t11-,12?/m0/s1. The van der Waals surface area contributed by atoms with Gasteiger partial charge in [0.25, 0.3) is 0 Å². The number of hydrogen-bond acceptors (Lipinski definition) is 2. The van der Waals surface area contributed by atoms with Crippen LogP contribution in [0.1, 0.15) is 48.4 Å². The summed E-state index contributed by atoms with van der Waals surface area (Å²) in [4.78, 5) is 0. The molecule has 0 aliphatic heterocycles. The smallest absolute Gasteiger partial charge is 0.0644 e. The largest absolute Gasteiger partial charge is 0.304 e. The number of aromatic nitrogens is 2. The zero-order valence-corrected chi connectivity index (χ0v) is 12.4. The van der Waals surface area contributed by atoms with Gasteiger partial charge in [0.15, 0.2) is 0 Å². The van der Waals surface area contributed by atoms with Crippen LogP contribution in [-0.4, -0.2) is 9.78 Å². The van der Waals surface area contributed by atoms with E-state index >= 15 is 0 Å². The minimum absolute atomic E-state index is 0.295. The Morgan fingerprint density at radius 2 is 1.68 bits per heavy atom. The summed E-state index contributed by atoms with van der Waals surface area (Å²) in [6, 6.07) is 11.2. The van der Waals surface area contributed by atoms with Crippen molar-refractivity contribution in [3.8, 4) is 0 Å². The molecular formula is C16H23N3. The van der Waals surface area contributed by atoms with Gasteiger partial charge in [-0.1, -0.05) is 30.3 Å². The van der Waals surface area contributed by atoms with E-state index in [0.717, 1.165) is 5.69 Å². The Bertz CT molecular complexity index is 543. The third kappa shape index (κ3) is 2.87. The van der Waals surface area contributed by atoms with Gasteiger partial charge in [0.1, 0.15) is 0 Å². The number of nitrogens with one attached hydrogen (secondary N) is 1. The monoisotopic (exact) mass is 257 g/mol. The Labute approximate surface area is 115 Å². The van der Waals surface area contributed by atoms with Gasteiger partial charge in [-0.25, -0.2) is 0 Å². The van der Waals surface area contributed by atoms with Gasteiger partial charge in [0.05, 0.1) is 5.69 Å². The summed E-state index contributed by atoms with van der Waals surface area (Å²) in [7, 11) is 2.00. The third-order valence-electron chi connectivity index (χ3n) is 3.80. The molecule has 0 saturated carbocycles. The van der Waals surface area contributed by atoms with E-state index in [1.807, 2.05) is 11.7 Å². The predicted octanol–water partition coefficient (Wildman–Crippen LogP) is 3.45. The fourth-order valence-electron chi connectivity index (χ4n) is 2.71. The number of aryl methyl sites for hydroxylation is 2. The lowest BCUT2D eigenvalue weighted by molar-refractivity contribution is 0.491. The van der Waals surface area contributed by atoms with Crippen LogP contribution in [0.5, 0.6) is 0 Å². The van der Waals surface area contributed by atoms with Gasteiger partial charge in [0, 0.05) is 30.4 Å². The minimum Gasteiger partial charge on any atom is -0.304 e. The molecule has 0 spiro atoms. The third-order valence-corrected chi connectivity index (χ3v) is 3.80. The van der Waals surface area contributed by atoms with Crippen molar-refractivity contribution < 1.29 is 0 Å². The van der Waals surface area contributed by atoms with Gasteiger partial charge in [-0.05, 0) is 33.3 Å². The second-order valence-electron chi connectivity index (χ2n) is 5.23. The molecule has 3 nitrogen and oxygen atoms in total. The van der Waals surface area contributed by atoms with Gasteiger partial charge >= 0.3 is 0 Å². The topological polar surface area (TPSA) is 29.9 Å². The van der Waals surface area contributed by atoms with E-state index in [1.165, 1.54) is 16.8 Å². The summed E-state index contributed by atoms with van der Waals surface area (Å²) in [5, 5.41) is 8.14. The maximum atomic E-state index is 4.49. The molecule has 2 aromatic rings. The fourth-order valence-corrected chi connectivity index (χ4v) is 2.71. The summed E-state index contributed by atoms with van der Waals surface area (Å²) in [5.41, 5.74) is 4.97. The zero-order chi connectivity index (χ0) is 14.0. The highest BCUT2D eigenvalue weighted by Gasteiger charge is 2.18. The Hall–Kier alpha value is -1.61. The number of hydrogen-bond donors (Lipinski definition) is 1. The van der Waals surface area contributed by atoms with Crippen LogP contribution in [0.4, 0.5) is 0 Å². The average Bonchev–Trinajstić information content (AvgIpc) is 2.64. The van der Waals surface area contributed by atoms with E-state index in [0.29, 0.717) is 12.1 Å². The van der Waals surface area contributed by atoms with E-state index in [1.54, 1.807) is 0 Å². The summed E-state index contributed by atoms with van der Waals surface area (Å²) >= 11 is 0. The van der Waals surface area contributed by atoms with E-state index in [9.17, 15) is 0 Å². The van der Waals surface area contributed by atoms with Crippen LogP contribution >= 0.6 is 0 Å². The van der Waals surface area contributed by atoms with Gasteiger partial charge in [-0.2, -0.15) is 5.10 Å². The number of nitrogens with zero attached hydrogens (tertiary/aromatic N) is 2. The van der Waals surface area contributed by atoms with Crippen LogP contribution in [0.2, 0.25) is 0 Å². The summed E-state index contributed by atoms with van der Waals surface area (Å²) in [6.07, 6.45) is 0. The predicted molar refractivity (Wildman–Crippen MR) is 79.1 cm³/mol. The second kappa shape index (κ2) is 5.57. The van der Waals surface area contributed by atoms with Crippen molar-refractivity contribution in [3.05, 3.63) is 52.8 Å². The maximum absolute atomic E-state index is 4.49. The minimum atomic E-state index is 0.295. The number of benzene rings is 1. The lowest BCUT2D eigenvalue weighted by Crippen LogP contribution is -2.23. The van der Waals surface area contributed by atoms with Crippen molar-refractivity contribution in [2.75, 3.05) is 0 Å². The molecule has 0 saturated heterocycles. The highest BCUT2D eigenvalue weighted by molar-refractivity contribution is 5.28. The normalized spacial score (nSPS) is 14.4. The first-order valence-corrected chi connectivity index (χ1v) is 6.81. The first kappa shape index (κ1) is 13.8. The lowest BCUT2D eigenvalue weighted by atomic mass is 10.0. The first-order chi connectivity index (χ1) is 9.00. The van der Waals surface area contributed by atoms with Crippen molar-refractivity contribution >= 4 is 0 Å². The molecule has 0 aliphatic carbocycles. The molecule has 19 heavy (non-hydrogen) atoms. The van der Waals surface area contributed by atoms with Gasteiger partial charge in [-0.3, -0.25) is 4.68 Å². The van der Waals surface area contributed by atoms with Gasteiger partial charge in [0.2, 0.25) is 0 Å². The molecule has 0 fully saturated rings. The zero-order valence-electron chi connectivity index (χ0n) is 12.4. The van der Waals surface area contributed by atoms with Crippen molar-refractivity contribution in [1.29, 1.82) is 0 Å². The van der Waals surface area contributed by atoms with Crippen LogP contribution in [0.3, 0.4) is 0 Å². The molecule has 1 aromatic heterocycles. The molecule has 0 aliphatic rings. The van der Waals surface area contributed by atoms with Crippen LogP contribution in [0.15, 0.2) is 30.3 Å². The molecular weight excluding hydrogens is 234 g/mol. The average molecular weight is 257 g/mol. The van der Waals surface area contributed by atoms with E-state index < -0.39 is 0 Å². The molecule has 1 heterocycles. The van der Waals surface area contributed by atoms with Crippen LogP contribution in [0.25, 0.3) is 0 Å². The molecule has 102 valence electrons.